The first-order valence-electron chi connectivity index (χ1n) is 10.5. The SMILES string of the molecule is CCNC(=NCc1cccc2cccnc12)NCC(c1cccs1)N1CCCC1.I. The highest BCUT2D eigenvalue weighted by atomic mass is 127. The van der Waals surface area contributed by atoms with Crippen molar-refractivity contribution in [1.82, 2.24) is 20.5 Å². The quantitative estimate of drug-likeness (QED) is 0.259. The molecule has 2 N–H and O–H groups in total. The van der Waals surface area contributed by atoms with Gasteiger partial charge in [0.15, 0.2) is 5.96 Å². The Labute approximate surface area is 200 Å². The van der Waals surface area contributed by atoms with Crippen LogP contribution in [0, 0.1) is 0 Å². The number of fused-ring (bicyclic) bond motifs is 1. The van der Waals surface area contributed by atoms with Gasteiger partial charge >= 0.3 is 0 Å². The molecule has 0 spiro atoms. The Morgan fingerprint density at radius 3 is 2.73 bits per heavy atom. The van der Waals surface area contributed by atoms with Crippen molar-refractivity contribution in [1.29, 1.82) is 0 Å². The first kappa shape index (κ1) is 23.0. The summed E-state index contributed by atoms with van der Waals surface area (Å²) in [7, 11) is 0. The van der Waals surface area contributed by atoms with Gasteiger partial charge in [-0.05, 0) is 55.9 Å². The highest BCUT2D eigenvalue weighted by molar-refractivity contribution is 14.0. The van der Waals surface area contributed by atoms with Gasteiger partial charge in [0.05, 0.1) is 18.1 Å². The van der Waals surface area contributed by atoms with Crippen LogP contribution in [0.25, 0.3) is 10.9 Å². The number of nitrogens with zero attached hydrogens (tertiary/aromatic N) is 3. The molecule has 1 saturated heterocycles. The van der Waals surface area contributed by atoms with Crippen LogP contribution in [0.1, 0.15) is 36.2 Å². The number of likely N-dealkylation sites (tertiary alicyclic amines) is 1. The molecule has 2 aromatic heterocycles. The fraction of sp³-hybridized carbons (Fsp3) is 0.391. The van der Waals surface area contributed by atoms with E-state index in [1.54, 1.807) is 0 Å². The molecule has 3 aromatic rings. The van der Waals surface area contributed by atoms with Crippen molar-refractivity contribution in [3.63, 3.8) is 0 Å². The van der Waals surface area contributed by atoms with Gasteiger partial charge in [0.25, 0.3) is 0 Å². The highest BCUT2D eigenvalue weighted by Crippen LogP contribution is 2.27. The number of aromatic nitrogens is 1. The molecule has 30 heavy (non-hydrogen) atoms. The van der Waals surface area contributed by atoms with Crippen molar-refractivity contribution in [3.05, 3.63) is 64.5 Å². The largest absolute Gasteiger partial charge is 0.357 e. The molecule has 4 rings (SSSR count). The summed E-state index contributed by atoms with van der Waals surface area (Å²) in [4.78, 5) is 13.4. The van der Waals surface area contributed by atoms with Crippen LogP contribution >= 0.6 is 35.3 Å². The number of hydrogen-bond donors (Lipinski definition) is 2. The van der Waals surface area contributed by atoms with E-state index < -0.39 is 0 Å². The molecule has 0 bridgehead atoms. The molecule has 1 aromatic carbocycles. The van der Waals surface area contributed by atoms with E-state index in [1.807, 2.05) is 23.6 Å². The molecule has 1 atom stereocenters. The third-order valence-electron chi connectivity index (χ3n) is 5.38. The number of guanidine groups is 1. The van der Waals surface area contributed by atoms with Gasteiger partial charge in [-0.3, -0.25) is 9.88 Å². The number of halogens is 1. The van der Waals surface area contributed by atoms with Gasteiger partial charge in [0.2, 0.25) is 0 Å². The number of thiophene rings is 1. The van der Waals surface area contributed by atoms with Crippen LogP contribution in [0.4, 0.5) is 0 Å². The molecule has 0 radical (unpaired) electrons. The summed E-state index contributed by atoms with van der Waals surface area (Å²) in [6.07, 6.45) is 4.44. The van der Waals surface area contributed by atoms with Gasteiger partial charge in [-0.15, -0.1) is 35.3 Å². The van der Waals surface area contributed by atoms with Crippen molar-refractivity contribution in [2.75, 3.05) is 26.2 Å². The topological polar surface area (TPSA) is 52.6 Å². The second kappa shape index (κ2) is 11.6. The van der Waals surface area contributed by atoms with E-state index in [9.17, 15) is 0 Å². The van der Waals surface area contributed by atoms with E-state index in [0.717, 1.165) is 35.5 Å². The van der Waals surface area contributed by atoms with Gasteiger partial charge in [-0.2, -0.15) is 0 Å². The molecule has 0 amide bonds. The van der Waals surface area contributed by atoms with Gasteiger partial charge in [-0.1, -0.05) is 30.3 Å². The Morgan fingerprint density at radius 1 is 1.13 bits per heavy atom. The van der Waals surface area contributed by atoms with Crippen molar-refractivity contribution in [2.45, 2.75) is 32.4 Å². The number of hydrogen-bond acceptors (Lipinski definition) is 4. The fourth-order valence-corrected chi connectivity index (χ4v) is 4.80. The molecule has 160 valence electrons. The fourth-order valence-electron chi connectivity index (χ4n) is 3.94. The predicted molar refractivity (Wildman–Crippen MR) is 138 cm³/mol. The Balaban J connectivity index is 0.00000256. The van der Waals surface area contributed by atoms with Crippen LogP contribution in [0.5, 0.6) is 0 Å². The third-order valence-corrected chi connectivity index (χ3v) is 6.36. The molecule has 1 unspecified atom stereocenters. The summed E-state index contributed by atoms with van der Waals surface area (Å²) in [5.74, 6) is 0.862. The van der Waals surface area contributed by atoms with E-state index in [0.29, 0.717) is 12.6 Å². The predicted octanol–water partition coefficient (Wildman–Crippen LogP) is 4.81. The second-order valence-electron chi connectivity index (χ2n) is 7.34. The number of pyridine rings is 1. The maximum atomic E-state index is 4.85. The first-order valence-corrected chi connectivity index (χ1v) is 11.4. The molecule has 1 aliphatic heterocycles. The van der Waals surface area contributed by atoms with Crippen LogP contribution in [0.15, 0.2) is 59.0 Å². The summed E-state index contributed by atoms with van der Waals surface area (Å²) in [6.45, 7) is 6.78. The molecule has 1 fully saturated rings. The monoisotopic (exact) mass is 535 g/mol. The zero-order valence-corrected chi connectivity index (χ0v) is 20.5. The summed E-state index contributed by atoms with van der Waals surface area (Å²) < 4.78 is 0. The molecular formula is C23H30IN5S. The first-order chi connectivity index (χ1) is 14.3. The van der Waals surface area contributed by atoms with Crippen molar-refractivity contribution in [2.24, 2.45) is 4.99 Å². The van der Waals surface area contributed by atoms with E-state index in [-0.39, 0.29) is 24.0 Å². The number of para-hydroxylation sites is 1. The average molecular weight is 535 g/mol. The van der Waals surface area contributed by atoms with E-state index in [2.05, 4.69) is 69.2 Å². The molecular weight excluding hydrogens is 505 g/mol. The summed E-state index contributed by atoms with van der Waals surface area (Å²) in [5, 5.41) is 10.3. The van der Waals surface area contributed by atoms with Crippen LogP contribution in [0.2, 0.25) is 0 Å². The Morgan fingerprint density at radius 2 is 1.97 bits per heavy atom. The lowest BCUT2D eigenvalue weighted by Gasteiger charge is -2.27. The molecule has 0 saturated carbocycles. The second-order valence-corrected chi connectivity index (χ2v) is 8.32. The summed E-state index contributed by atoms with van der Waals surface area (Å²) in [6, 6.07) is 15.2. The van der Waals surface area contributed by atoms with Crippen LogP contribution in [0.3, 0.4) is 0 Å². The molecule has 1 aliphatic rings. The Kier molecular flexibility index (Phi) is 8.89. The van der Waals surface area contributed by atoms with Crippen molar-refractivity contribution >= 4 is 52.2 Å². The lowest BCUT2D eigenvalue weighted by Crippen LogP contribution is -2.42. The lowest BCUT2D eigenvalue weighted by molar-refractivity contribution is 0.249. The summed E-state index contributed by atoms with van der Waals surface area (Å²) in [5.41, 5.74) is 2.18. The number of aliphatic imine (C=N–C) groups is 1. The molecule has 5 nitrogen and oxygen atoms in total. The van der Waals surface area contributed by atoms with E-state index in [4.69, 9.17) is 4.99 Å². The smallest absolute Gasteiger partial charge is 0.191 e. The summed E-state index contributed by atoms with van der Waals surface area (Å²) >= 11 is 1.84. The third kappa shape index (κ3) is 5.70. The van der Waals surface area contributed by atoms with Gasteiger partial charge in [0.1, 0.15) is 0 Å². The van der Waals surface area contributed by atoms with Gasteiger partial charge in [0, 0.05) is 29.5 Å². The Hall–Kier alpha value is -1.71. The van der Waals surface area contributed by atoms with Crippen LogP contribution in [-0.2, 0) is 6.54 Å². The maximum absolute atomic E-state index is 4.85. The number of benzene rings is 1. The van der Waals surface area contributed by atoms with E-state index in [1.165, 1.54) is 30.8 Å². The molecule has 3 heterocycles. The normalized spacial score (nSPS) is 15.7. The number of rotatable bonds is 7. The van der Waals surface area contributed by atoms with Crippen molar-refractivity contribution in [3.8, 4) is 0 Å². The zero-order valence-electron chi connectivity index (χ0n) is 17.4. The minimum atomic E-state index is 0. The minimum Gasteiger partial charge on any atom is -0.357 e. The van der Waals surface area contributed by atoms with Gasteiger partial charge < -0.3 is 10.6 Å². The average Bonchev–Trinajstić information content (AvgIpc) is 3.47. The molecule has 0 aliphatic carbocycles. The molecule has 7 heteroatoms. The highest BCUT2D eigenvalue weighted by Gasteiger charge is 2.24. The van der Waals surface area contributed by atoms with E-state index >= 15 is 0 Å². The standard InChI is InChI=1S/C23H29N5S.HI/c1-2-24-23(26-16-19-9-5-8-18-10-6-12-25-22(18)19)27-17-20(21-11-7-15-29-21)28-13-3-4-14-28;/h5-12,15,20H,2-4,13-14,16-17H2,1H3,(H2,24,26,27);1H. The van der Waals surface area contributed by atoms with Crippen LogP contribution in [-0.4, -0.2) is 42.0 Å². The lowest BCUT2D eigenvalue weighted by atomic mass is 10.1. The van der Waals surface area contributed by atoms with Crippen LogP contribution < -0.4 is 10.6 Å². The maximum Gasteiger partial charge on any atom is 0.191 e. The Bertz CT molecular complexity index is 932. The zero-order chi connectivity index (χ0) is 19.9. The number of nitrogens with one attached hydrogen (secondary N) is 2. The minimum absolute atomic E-state index is 0. The van der Waals surface area contributed by atoms with Crippen molar-refractivity contribution < 1.29 is 0 Å². The van der Waals surface area contributed by atoms with Gasteiger partial charge in [-0.25, -0.2) is 4.99 Å².